The molecule has 0 unspecified atom stereocenters. The van der Waals surface area contributed by atoms with E-state index in [4.69, 9.17) is 4.74 Å². The summed E-state index contributed by atoms with van der Waals surface area (Å²) in [5, 5.41) is 9.26. The van der Waals surface area contributed by atoms with E-state index in [1.54, 1.807) is 0 Å². The minimum absolute atomic E-state index is 0.211. The molecule has 0 aromatic heterocycles. The van der Waals surface area contributed by atoms with Crippen LogP contribution in [0.3, 0.4) is 0 Å². The quantitative estimate of drug-likeness (QED) is 0.478. The molecule has 0 radical (unpaired) electrons. The number of hydrogen-bond donors (Lipinski definition) is 0. The molecule has 1 aromatic rings. The van der Waals surface area contributed by atoms with Gasteiger partial charge in [-0.3, -0.25) is 0 Å². The Morgan fingerprint density at radius 2 is 1.82 bits per heavy atom. The molecule has 22 heavy (non-hydrogen) atoms. The molecule has 2 saturated heterocycles. The smallest absolute Gasteiger partial charge is 0.348 e. The van der Waals surface area contributed by atoms with Gasteiger partial charge in [0.15, 0.2) is 0 Å². The first-order valence-electron chi connectivity index (χ1n) is 7.69. The second-order valence-electron chi connectivity index (χ2n) is 6.12. The van der Waals surface area contributed by atoms with Gasteiger partial charge in [-0.15, -0.1) is 0 Å². The van der Waals surface area contributed by atoms with Crippen molar-refractivity contribution in [3.05, 3.63) is 41.0 Å². The van der Waals surface area contributed by atoms with Crippen LogP contribution in [0.5, 0.6) is 0 Å². The molecule has 0 spiro atoms. The fourth-order valence-electron chi connectivity index (χ4n) is 3.73. The Hall–Kier alpha value is -2.28. The van der Waals surface area contributed by atoms with Crippen molar-refractivity contribution in [1.82, 2.24) is 0 Å². The van der Waals surface area contributed by atoms with Crippen molar-refractivity contribution in [2.45, 2.75) is 44.7 Å². The van der Waals surface area contributed by atoms with Crippen molar-refractivity contribution in [1.29, 1.82) is 5.26 Å². The Kier molecular flexibility index (Phi) is 3.89. The van der Waals surface area contributed by atoms with E-state index < -0.39 is 5.97 Å². The molecular weight excluding hydrogens is 276 g/mol. The molecular formula is C18H20N2O2. The van der Waals surface area contributed by atoms with Gasteiger partial charge in [-0.25, -0.2) is 4.79 Å². The van der Waals surface area contributed by atoms with E-state index in [2.05, 4.69) is 36.1 Å². The minimum atomic E-state index is -0.499. The van der Waals surface area contributed by atoms with Gasteiger partial charge in [0.2, 0.25) is 0 Å². The van der Waals surface area contributed by atoms with E-state index in [9.17, 15) is 10.1 Å². The van der Waals surface area contributed by atoms with Gasteiger partial charge in [0, 0.05) is 17.8 Å². The summed E-state index contributed by atoms with van der Waals surface area (Å²) in [6.07, 6.45) is 3.79. The third-order valence-corrected chi connectivity index (χ3v) is 4.77. The number of benzene rings is 1. The zero-order chi connectivity index (χ0) is 15.7. The van der Waals surface area contributed by atoms with E-state index in [1.165, 1.54) is 18.4 Å². The number of fused-ring (bicyclic) bond motifs is 2. The van der Waals surface area contributed by atoms with Crippen molar-refractivity contribution in [3.8, 4) is 6.07 Å². The average Bonchev–Trinajstić information content (AvgIpc) is 2.79. The number of anilines is 1. The molecule has 2 fully saturated rings. The number of nitriles is 1. The number of nitrogens with zero attached hydrogens (tertiary/aromatic N) is 2. The molecule has 4 heteroatoms. The molecule has 2 heterocycles. The topological polar surface area (TPSA) is 53.3 Å². The van der Waals surface area contributed by atoms with Crippen LogP contribution in [-0.2, 0) is 9.53 Å². The average molecular weight is 296 g/mol. The van der Waals surface area contributed by atoms with E-state index >= 15 is 0 Å². The number of carbonyl (C=O) groups is 1. The Morgan fingerprint density at radius 3 is 2.32 bits per heavy atom. The first kappa shape index (κ1) is 14.6. The van der Waals surface area contributed by atoms with Crippen LogP contribution in [0.25, 0.3) is 0 Å². The highest BCUT2D eigenvalue weighted by molar-refractivity contribution is 5.93. The highest BCUT2D eigenvalue weighted by atomic mass is 16.5. The lowest BCUT2D eigenvalue weighted by molar-refractivity contribution is -0.135. The van der Waals surface area contributed by atoms with Crippen molar-refractivity contribution >= 4 is 11.7 Å². The summed E-state index contributed by atoms with van der Waals surface area (Å²) in [6, 6.07) is 11.4. The van der Waals surface area contributed by atoms with Crippen LogP contribution in [0.4, 0.5) is 5.69 Å². The van der Waals surface area contributed by atoms with Crippen molar-refractivity contribution in [2.75, 3.05) is 12.0 Å². The second kappa shape index (κ2) is 5.84. The summed E-state index contributed by atoms with van der Waals surface area (Å²) in [4.78, 5) is 14.2. The Labute approximate surface area is 131 Å². The Balaban J connectivity index is 1.88. The second-order valence-corrected chi connectivity index (χ2v) is 6.12. The van der Waals surface area contributed by atoms with E-state index in [-0.39, 0.29) is 5.57 Å². The number of esters is 1. The van der Waals surface area contributed by atoms with Crippen molar-refractivity contribution < 1.29 is 9.53 Å². The highest BCUT2D eigenvalue weighted by Crippen LogP contribution is 2.42. The van der Waals surface area contributed by atoms with Crippen molar-refractivity contribution in [3.63, 3.8) is 0 Å². The number of aryl methyl sites for hydroxylation is 1. The summed E-state index contributed by atoms with van der Waals surface area (Å²) in [7, 11) is 1.33. The normalized spacial score (nSPS) is 25.6. The van der Waals surface area contributed by atoms with Crippen LogP contribution in [0.1, 0.15) is 31.2 Å². The van der Waals surface area contributed by atoms with Crippen molar-refractivity contribution in [2.24, 2.45) is 0 Å². The predicted molar refractivity (Wildman–Crippen MR) is 84.4 cm³/mol. The highest BCUT2D eigenvalue weighted by Gasteiger charge is 2.40. The molecule has 2 atom stereocenters. The van der Waals surface area contributed by atoms with E-state index in [1.807, 2.05) is 6.07 Å². The number of carbonyl (C=O) groups excluding carboxylic acids is 1. The molecule has 0 aliphatic carbocycles. The molecule has 2 aliphatic heterocycles. The van der Waals surface area contributed by atoms with Gasteiger partial charge in [-0.05, 0) is 50.3 Å². The predicted octanol–water partition coefficient (Wildman–Crippen LogP) is 3.12. The Bertz CT molecular complexity index is 639. The van der Waals surface area contributed by atoms with Crippen LogP contribution in [-0.4, -0.2) is 25.2 Å². The van der Waals surface area contributed by atoms with Gasteiger partial charge < -0.3 is 9.64 Å². The van der Waals surface area contributed by atoms with Crippen LogP contribution in [0, 0.1) is 18.3 Å². The summed E-state index contributed by atoms with van der Waals surface area (Å²) in [5.74, 6) is -0.499. The van der Waals surface area contributed by atoms with Gasteiger partial charge in [0.25, 0.3) is 0 Å². The molecule has 0 N–H and O–H groups in total. The first-order chi connectivity index (χ1) is 10.6. The van der Waals surface area contributed by atoms with Crippen LogP contribution in [0.2, 0.25) is 0 Å². The molecule has 2 bridgehead atoms. The van der Waals surface area contributed by atoms with Gasteiger partial charge in [0.1, 0.15) is 11.6 Å². The van der Waals surface area contributed by atoms with Crippen LogP contribution in [0.15, 0.2) is 35.4 Å². The van der Waals surface area contributed by atoms with Crippen LogP contribution >= 0.6 is 0 Å². The SMILES string of the molecule is COC(=O)C(C#N)=C1C[C@H]2CC[C@@H](C1)N2c1ccc(C)cc1. The lowest BCUT2D eigenvalue weighted by atomic mass is 9.92. The fraction of sp³-hybridized carbons (Fsp3) is 0.444. The number of hydrogen-bond acceptors (Lipinski definition) is 4. The zero-order valence-corrected chi connectivity index (χ0v) is 13.0. The molecule has 1 aromatic carbocycles. The number of methoxy groups -OCH3 is 1. The maximum atomic E-state index is 11.7. The van der Waals surface area contributed by atoms with Gasteiger partial charge in [-0.1, -0.05) is 17.7 Å². The minimum Gasteiger partial charge on any atom is -0.465 e. The molecule has 3 rings (SSSR count). The summed E-state index contributed by atoms with van der Waals surface area (Å²) in [6.45, 7) is 2.09. The lowest BCUT2D eigenvalue weighted by Crippen LogP contribution is -2.41. The summed E-state index contributed by atoms with van der Waals surface area (Å²) >= 11 is 0. The number of piperidine rings is 1. The third kappa shape index (κ3) is 2.48. The van der Waals surface area contributed by atoms with Gasteiger partial charge in [-0.2, -0.15) is 5.26 Å². The summed E-state index contributed by atoms with van der Waals surface area (Å²) < 4.78 is 4.74. The third-order valence-electron chi connectivity index (χ3n) is 4.77. The summed E-state index contributed by atoms with van der Waals surface area (Å²) in [5.41, 5.74) is 3.67. The molecule has 2 aliphatic rings. The van der Waals surface area contributed by atoms with E-state index in [0.717, 1.165) is 31.3 Å². The zero-order valence-electron chi connectivity index (χ0n) is 13.0. The largest absolute Gasteiger partial charge is 0.465 e. The van der Waals surface area contributed by atoms with E-state index in [0.29, 0.717) is 12.1 Å². The number of rotatable bonds is 2. The number of ether oxygens (including phenoxy) is 1. The monoisotopic (exact) mass is 296 g/mol. The van der Waals surface area contributed by atoms with Crippen LogP contribution < -0.4 is 4.90 Å². The maximum absolute atomic E-state index is 11.7. The molecule has 0 saturated carbocycles. The molecule has 0 amide bonds. The maximum Gasteiger partial charge on any atom is 0.348 e. The molecule has 4 nitrogen and oxygen atoms in total. The standard InChI is InChI=1S/C18H20N2O2/c1-12-3-5-14(6-4-12)20-15-7-8-16(20)10-13(9-15)17(11-19)18(21)22-2/h3-6,15-16H,7-10H2,1-2H3/t15-,16+. The lowest BCUT2D eigenvalue weighted by Gasteiger charge is -2.38. The Morgan fingerprint density at radius 1 is 1.23 bits per heavy atom. The van der Waals surface area contributed by atoms with Gasteiger partial charge in [0.05, 0.1) is 7.11 Å². The molecule has 114 valence electrons. The fourth-order valence-corrected chi connectivity index (χ4v) is 3.73. The first-order valence-corrected chi connectivity index (χ1v) is 7.69. The van der Waals surface area contributed by atoms with Gasteiger partial charge >= 0.3 is 5.97 Å².